The Balaban J connectivity index is 2.07. The van der Waals surface area contributed by atoms with Gasteiger partial charge in [-0.1, -0.05) is 63.2 Å². The van der Waals surface area contributed by atoms with Crippen molar-refractivity contribution >= 4 is 17.4 Å². The van der Waals surface area contributed by atoms with Gasteiger partial charge in [0.05, 0.1) is 18.2 Å². The molecule has 1 atom stereocenters. The van der Waals surface area contributed by atoms with E-state index < -0.39 is 17.7 Å². The van der Waals surface area contributed by atoms with Gasteiger partial charge in [-0.15, -0.1) is 0 Å². The van der Waals surface area contributed by atoms with E-state index in [9.17, 15) is 14.7 Å². The van der Waals surface area contributed by atoms with Crippen LogP contribution in [0.1, 0.15) is 44.4 Å². The van der Waals surface area contributed by atoms with Crippen molar-refractivity contribution in [3.8, 4) is 5.75 Å². The zero-order chi connectivity index (χ0) is 23.1. The van der Waals surface area contributed by atoms with Gasteiger partial charge in [0.1, 0.15) is 11.5 Å². The van der Waals surface area contributed by atoms with E-state index in [-0.39, 0.29) is 11.3 Å². The van der Waals surface area contributed by atoms with E-state index in [0.29, 0.717) is 31.0 Å². The average Bonchev–Trinajstić information content (AvgIpc) is 3.08. The lowest BCUT2D eigenvalue weighted by atomic mass is 9.95. The summed E-state index contributed by atoms with van der Waals surface area (Å²) in [5, 5.41) is 11.1. The van der Waals surface area contributed by atoms with Gasteiger partial charge in [0.25, 0.3) is 11.7 Å². The first-order valence-corrected chi connectivity index (χ1v) is 11.3. The van der Waals surface area contributed by atoms with Gasteiger partial charge in [0.2, 0.25) is 0 Å². The summed E-state index contributed by atoms with van der Waals surface area (Å²) in [7, 11) is 0. The van der Waals surface area contributed by atoms with Crippen LogP contribution in [0.2, 0.25) is 0 Å². The first-order valence-electron chi connectivity index (χ1n) is 11.3. The lowest BCUT2D eigenvalue weighted by molar-refractivity contribution is -0.140. The lowest BCUT2D eigenvalue weighted by Gasteiger charge is -2.28. The van der Waals surface area contributed by atoms with Crippen LogP contribution in [0.15, 0.2) is 60.2 Å². The number of benzene rings is 2. The van der Waals surface area contributed by atoms with E-state index in [1.165, 1.54) is 0 Å². The molecule has 0 saturated carbocycles. The maximum absolute atomic E-state index is 13.1. The van der Waals surface area contributed by atoms with E-state index in [2.05, 4.69) is 18.7 Å². The largest absolute Gasteiger partial charge is 0.507 e. The third-order valence-electron chi connectivity index (χ3n) is 5.79. The van der Waals surface area contributed by atoms with Gasteiger partial charge < -0.3 is 19.6 Å². The number of amides is 1. The molecule has 1 saturated heterocycles. The Kier molecular flexibility index (Phi) is 8.06. The summed E-state index contributed by atoms with van der Waals surface area (Å²) in [6, 6.07) is 15.7. The minimum absolute atomic E-state index is 0.119. The molecule has 0 unspecified atom stereocenters. The Morgan fingerprint density at radius 2 is 1.75 bits per heavy atom. The first-order chi connectivity index (χ1) is 15.5. The van der Waals surface area contributed by atoms with Crippen molar-refractivity contribution < 1.29 is 19.4 Å². The molecule has 1 N–H and O–H groups in total. The van der Waals surface area contributed by atoms with Crippen LogP contribution in [0.4, 0.5) is 0 Å². The van der Waals surface area contributed by atoms with Crippen molar-refractivity contribution in [3.05, 3.63) is 71.3 Å². The lowest BCUT2D eigenvalue weighted by Crippen LogP contribution is -2.38. The highest BCUT2D eigenvalue weighted by atomic mass is 16.5. The Bertz CT molecular complexity index is 967. The summed E-state index contributed by atoms with van der Waals surface area (Å²) >= 11 is 0. The van der Waals surface area contributed by atoms with Gasteiger partial charge in [0.15, 0.2) is 0 Å². The van der Waals surface area contributed by atoms with Crippen LogP contribution in [-0.2, 0) is 9.59 Å². The van der Waals surface area contributed by atoms with Gasteiger partial charge in [-0.25, -0.2) is 0 Å². The summed E-state index contributed by atoms with van der Waals surface area (Å²) in [6.45, 7) is 9.50. The van der Waals surface area contributed by atoms with Gasteiger partial charge in [-0.2, -0.15) is 0 Å². The molecule has 0 radical (unpaired) electrons. The molecule has 1 aliphatic heterocycles. The number of Topliss-reactive ketones (excluding diaryl/α,β-unsaturated/α-hetero) is 1. The summed E-state index contributed by atoms with van der Waals surface area (Å²) in [4.78, 5) is 29.9. The standard InChI is InChI=1S/C26H32N2O4/c1-4-17-32-21-14-10-13-20(18-21)23-22(24(29)19-11-8-7-9-12-19)25(30)26(31)28(23)16-15-27(5-2)6-3/h7-14,18,23,29H,4-6,15-17H2,1-3H3/t23-/m0/s1. The monoisotopic (exact) mass is 436 g/mol. The molecule has 32 heavy (non-hydrogen) atoms. The van der Waals surface area contributed by atoms with Crippen molar-refractivity contribution in [1.82, 2.24) is 9.80 Å². The highest BCUT2D eigenvalue weighted by molar-refractivity contribution is 6.46. The molecule has 2 aromatic rings. The van der Waals surface area contributed by atoms with Crippen LogP contribution in [0.3, 0.4) is 0 Å². The van der Waals surface area contributed by atoms with Crippen molar-refractivity contribution in [2.24, 2.45) is 0 Å². The fourth-order valence-corrected chi connectivity index (χ4v) is 3.99. The Morgan fingerprint density at radius 3 is 2.41 bits per heavy atom. The van der Waals surface area contributed by atoms with Crippen molar-refractivity contribution in [1.29, 1.82) is 0 Å². The molecule has 0 spiro atoms. The molecule has 2 aromatic carbocycles. The Labute approximate surface area is 190 Å². The molecule has 6 nitrogen and oxygen atoms in total. The van der Waals surface area contributed by atoms with E-state index in [4.69, 9.17) is 4.74 Å². The summed E-state index contributed by atoms with van der Waals surface area (Å²) in [6.07, 6.45) is 0.876. The number of likely N-dealkylation sites (N-methyl/N-ethyl adjacent to an activating group) is 1. The van der Waals surface area contributed by atoms with Crippen LogP contribution in [0.25, 0.3) is 5.76 Å². The van der Waals surface area contributed by atoms with Crippen molar-refractivity contribution in [2.75, 3.05) is 32.8 Å². The zero-order valence-electron chi connectivity index (χ0n) is 19.1. The fraction of sp³-hybridized carbons (Fsp3) is 0.385. The maximum Gasteiger partial charge on any atom is 0.295 e. The second-order valence-electron chi connectivity index (χ2n) is 7.81. The third kappa shape index (κ3) is 5.02. The van der Waals surface area contributed by atoms with Crippen molar-refractivity contribution in [2.45, 2.75) is 33.2 Å². The predicted molar refractivity (Wildman–Crippen MR) is 125 cm³/mol. The smallest absolute Gasteiger partial charge is 0.295 e. The number of ketones is 1. The normalized spacial score (nSPS) is 17.9. The van der Waals surface area contributed by atoms with Crippen LogP contribution >= 0.6 is 0 Å². The molecule has 170 valence electrons. The summed E-state index contributed by atoms with van der Waals surface area (Å²) in [5.74, 6) is -0.715. The molecule has 1 amide bonds. The number of carbonyl (C=O) groups is 2. The number of hydrogen-bond donors (Lipinski definition) is 1. The minimum Gasteiger partial charge on any atom is -0.507 e. The predicted octanol–water partition coefficient (Wildman–Crippen LogP) is 4.24. The Morgan fingerprint density at radius 1 is 1.03 bits per heavy atom. The number of nitrogens with zero attached hydrogens (tertiary/aromatic N) is 2. The topological polar surface area (TPSA) is 70.1 Å². The first kappa shape index (κ1) is 23.5. The minimum atomic E-state index is -0.670. The molecule has 1 aliphatic rings. The fourth-order valence-electron chi connectivity index (χ4n) is 3.99. The molecule has 1 fully saturated rings. The van der Waals surface area contributed by atoms with Crippen LogP contribution in [0, 0.1) is 0 Å². The number of aliphatic hydroxyl groups excluding tert-OH is 1. The zero-order valence-corrected chi connectivity index (χ0v) is 19.1. The number of carbonyl (C=O) groups excluding carboxylic acids is 2. The maximum atomic E-state index is 13.1. The SMILES string of the molecule is CCCOc1cccc([C@H]2C(=C(O)c3ccccc3)C(=O)C(=O)N2CCN(CC)CC)c1. The van der Waals surface area contributed by atoms with Gasteiger partial charge in [-0.3, -0.25) is 9.59 Å². The van der Waals surface area contributed by atoms with Gasteiger partial charge >= 0.3 is 0 Å². The second kappa shape index (κ2) is 11.0. The number of likely N-dealkylation sites (tertiary alicyclic amines) is 1. The van der Waals surface area contributed by atoms with Gasteiger partial charge in [-0.05, 0) is 37.2 Å². The molecule has 1 heterocycles. The van der Waals surface area contributed by atoms with Gasteiger partial charge in [0, 0.05) is 18.7 Å². The average molecular weight is 437 g/mol. The highest BCUT2D eigenvalue weighted by Crippen LogP contribution is 2.40. The van der Waals surface area contributed by atoms with Crippen LogP contribution < -0.4 is 4.74 Å². The van der Waals surface area contributed by atoms with Crippen molar-refractivity contribution in [3.63, 3.8) is 0 Å². The molecule has 0 bridgehead atoms. The molecule has 3 rings (SSSR count). The number of hydrogen-bond acceptors (Lipinski definition) is 5. The quantitative estimate of drug-likeness (QED) is 0.343. The highest BCUT2D eigenvalue weighted by Gasteiger charge is 2.46. The molecular weight excluding hydrogens is 404 g/mol. The van der Waals surface area contributed by atoms with E-state index in [1.807, 2.05) is 37.3 Å². The van der Waals surface area contributed by atoms with Crippen LogP contribution in [-0.4, -0.2) is 59.4 Å². The third-order valence-corrected chi connectivity index (χ3v) is 5.79. The van der Waals surface area contributed by atoms with E-state index in [1.54, 1.807) is 29.2 Å². The summed E-state index contributed by atoms with van der Waals surface area (Å²) < 4.78 is 5.78. The number of ether oxygens (including phenoxy) is 1. The van der Waals surface area contributed by atoms with Crippen LogP contribution in [0.5, 0.6) is 5.75 Å². The molecule has 0 aliphatic carbocycles. The molecule has 6 heteroatoms. The second-order valence-corrected chi connectivity index (χ2v) is 7.81. The summed E-state index contributed by atoms with van der Waals surface area (Å²) in [5.41, 5.74) is 1.38. The number of rotatable bonds is 10. The molecular formula is C26H32N2O4. The Hall–Kier alpha value is -3.12. The van der Waals surface area contributed by atoms with E-state index in [0.717, 1.165) is 25.1 Å². The van der Waals surface area contributed by atoms with E-state index >= 15 is 0 Å². The molecule has 0 aromatic heterocycles. The number of aliphatic hydroxyl groups is 1.